The molecule has 0 unspecified atom stereocenters. The van der Waals surface area contributed by atoms with Crippen molar-refractivity contribution in [3.8, 4) is 0 Å². The number of para-hydroxylation sites is 1. The molecule has 0 saturated heterocycles. The largest absolute Gasteiger partial charge is 0.340 e. The smallest absolute Gasteiger partial charge is 0.135 e. The van der Waals surface area contributed by atoms with Gasteiger partial charge in [0.25, 0.3) is 0 Å². The van der Waals surface area contributed by atoms with Gasteiger partial charge in [-0.15, -0.1) is 0 Å². The van der Waals surface area contributed by atoms with Crippen molar-refractivity contribution in [2.45, 2.75) is 39.5 Å². The Labute approximate surface area is 129 Å². The summed E-state index contributed by atoms with van der Waals surface area (Å²) in [7, 11) is 0. The lowest BCUT2D eigenvalue weighted by Crippen LogP contribution is -2.03. The van der Waals surface area contributed by atoms with Crippen LogP contribution in [0.4, 0.5) is 11.5 Å². The number of rotatable bonds is 5. The van der Waals surface area contributed by atoms with Crippen LogP contribution in [0.25, 0.3) is 0 Å². The minimum Gasteiger partial charge on any atom is -0.340 e. The van der Waals surface area contributed by atoms with Crippen molar-refractivity contribution in [3.63, 3.8) is 0 Å². The number of hydrogen-bond donors (Lipinski definition) is 1. The molecule has 1 heterocycles. The summed E-state index contributed by atoms with van der Waals surface area (Å²) in [6, 6.07) is 10.3. The summed E-state index contributed by atoms with van der Waals surface area (Å²) in [4.78, 5) is 8.98. The topological polar surface area (TPSA) is 37.8 Å². The number of anilines is 2. The van der Waals surface area contributed by atoms with Gasteiger partial charge in [-0.3, -0.25) is 0 Å². The van der Waals surface area contributed by atoms with Crippen LogP contribution in [0.2, 0.25) is 0 Å². The van der Waals surface area contributed by atoms with Gasteiger partial charge in [0.2, 0.25) is 0 Å². The Bertz CT molecular complexity index is 582. The lowest BCUT2D eigenvalue weighted by atomic mass is 10.1. The summed E-state index contributed by atoms with van der Waals surface area (Å²) < 4.78 is 0.812. The molecule has 0 fully saturated rings. The zero-order valence-corrected chi connectivity index (χ0v) is 13.7. The molecule has 1 aromatic carbocycles. The van der Waals surface area contributed by atoms with Gasteiger partial charge in [0.15, 0.2) is 0 Å². The molecule has 0 amide bonds. The van der Waals surface area contributed by atoms with Crippen molar-refractivity contribution in [2.75, 3.05) is 5.32 Å². The van der Waals surface area contributed by atoms with E-state index in [1.807, 2.05) is 12.1 Å². The van der Waals surface area contributed by atoms with E-state index in [0.29, 0.717) is 5.92 Å². The maximum Gasteiger partial charge on any atom is 0.135 e. The minimum atomic E-state index is 0.305. The van der Waals surface area contributed by atoms with Crippen molar-refractivity contribution in [2.24, 2.45) is 0 Å². The minimum absolute atomic E-state index is 0.305. The van der Waals surface area contributed by atoms with Crippen LogP contribution in [0.15, 0.2) is 34.9 Å². The fraction of sp³-hybridized carbons (Fsp3) is 0.375. The summed E-state index contributed by atoms with van der Waals surface area (Å²) in [6.07, 6.45) is 2.19. The van der Waals surface area contributed by atoms with E-state index in [-0.39, 0.29) is 0 Å². The fourth-order valence-electron chi connectivity index (χ4n) is 2.03. The van der Waals surface area contributed by atoms with Crippen molar-refractivity contribution >= 4 is 27.4 Å². The monoisotopic (exact) mass is 333 g/mol. The molecule has 1 aromatic heterocycles. The number of aryl methyl sites for hydroxylation is 1. The molecular weight excluding hydrogens is 314 g/mol. The quantitative estimate of drug-likeness (QED) is 0.777. The van der Waals surface area contributed by atoms with Gasteiger partial charge >= 0.3 is 0 Å². The third-order valence-electron chi connectivity index (χ3n) is 3.03. The van der Waals surface area contributed by atoms with E-state index in [0.717, 1.165) is 34.8 Å². The van der Waals surface area contributed by atoms with Gasteiger partial charge in [-0.05, 0) is 34.0 Å². The third-order valence-corrected chi connectivity index (χ3v) is 3.43. The zero-order chi connectivity index (χ0) is 14.5. The normalized spacial score (nSPS) is 10.8. The molecule has 3 nitrogen and oxygen atoms in total. The molecule has 2 aromatic rings. The molecule has 0 aliphatic heterocycles. The third kappa shape index (κ3) is 3.79. The summed E-state index contributed by atoms with van der Waals surface area (Å²) >= 11 is 3.45. The van der Waals surface area contributed by atoms with Crippen LogP contribution in [0, 0.1) is 0 Å². The standard InChI is InChI=1S/C16H20BrN3/c1-4-7-12-8-5-6-9-13(12)18-15-10-14(17)19-16(20-15)11(2)3/h5-6,8-11H,4,7H2,1-3H3,(H,18,19,20). The predicted molar refractivity (Wildman–Crippen MR) is 87.5 cm³/mol. The van der Waals surface area contributed by atoms with E-state index in [4.69, 9.17) is 0 Å². The highest BCUT2D eigenvalue weighted by atomic mass is 79.9. The number of aromatic nitrogens is 2. The van der Waals surface area contributed by atoms with Gasteiger partial charge in [0.1, 0.15) is 16.2 Å². The SMILES string of the molecule is CCCc1ccccc1Nc1cc(Br)nc(C(C)C)n1. The number of nitrogens with one attached hydrogen (secondary N) is 1. The van der Waals surface area contributed by atoms with E-state index in [1.165, 1.54) is 5.56 Å². The molecule has 0 spiro atoms. The highest BCUT2D eigenvalue weighted by Gasteiger charge is 2.08. The second-order valence-electron chi connectivity index (χ2n) is 5.12. The molecule has 0 bridgehead atoms. The first kappa shape index (κ1) is 15.0. The van der Waals surface area contributed by atoms with Crippen molar-refractivity contribution < 1.29 is 0 Å². The Morgan fingerprint density at radius 3 is 2.65 bits per heavy atom. The number of hydrogen-bond acceptors (Lipinski definition) is 3. The molecule has 0 radical (unpaired) electrons. The van der Waals surface area contributed by atoms with E-state index in [2.05, 4.69) is 70.2 Å². The van der Waals surface area contributed by atoms with Gasteiger partial charge in [-0.25, -0.2) is 9.97 Å². The first-order valence-electron chi connectivity index (χ1n) is 6.99. The number of benzene rings is 1. The van der Waals surface area contributed by atoms with E-state index < -0.39 is 0 Å². The molecule has 0 atom stereocenters. The second-order valence-corrected chi connectivity index (χ2v) is 5.93. The average molecular weight is 334 g/mol. The van der Waals surface area contributed by atoms with Crippen molar-refractivity contribution in [1.29, 1.82) is 0 Å². The number of nitrogens with zero attached hydrogens (tertiary/aromatic N) is 2. The second kappa shape index (κ2) is 6.84. The molecule has 1 N–H and O–H groups in total. The summed E-state index contributed by atoms with van der Waals surface area (Å²) in [5.74, 6) is 1.98. The Hall–Kier alpha value is -1.42. The summed E-state index contributed by atoms with van der Waals surface area (Å²) in [6.45, 7) is 6.38. The van der Waals surface area contributed by atoms with E-state index in [1.54, 1.807) is 0 Å². The van der Waals surface area contributed by atoms with Gasteiger partial charge in [-0.2, -0.15) is 0 Å². The molecule has 106 valence electrons. The highest BCUT2D eigenvalue weighted by molar-refractivity contribution is 9.10. The van der Waals surface area contributed by atoms with Crippen LogP contribution in [-0.4, -0.2) is 9.97 Å². The number of halogens is 1. The molecule has 4 heteroatoms. The molecule has 0 aliphatic rings. The Kier molecular flexibility index (Phi) is 5.12. The van der Waals surface area contributed by atoms with E-state index in [9.17, 15) is 0 Å². The van der Waals surface area contributed by atoms with Crippen molar-refractivity contribution in [3.05, 3.63) is 46.3 Å². The molecule has 0 aliphatic carbocycles. The molecule has 2 rings (SSSR count). The van der Waals surface area contributed by atoms with E-state index >= 15 is 0 Å². The summed E-state index contributed by atoms with van der Waals surface area (Å²) in [5, 5.41) is 3.41. The Morgan fingerprint density at radius 2 is 1.95 bits per heavy atom. The molecule has 20 heavy (non-hydrogen) atoms. The average Bonchev–Trinajstić information content (AvgIpc) is 2.40. The van der Waals surface area contributed by atoms with Crippen LogP contribution < -0.4 is 5.32 Å². The highest BCUT2D eigenvalue weighted by Crippen LogP contribution is 2.23. The van der Waals surface area contributed by atoms with Crippen LogP contribution >= 0.6 is 15.9 Å². The predicted octanol–water partition coefficient (Wildman–Crippen LogP) is 5.06. The first-order valence-corrected chi connectivity index (χ1v) is 7.79. The van der Waals surface area contributed by atoms with Gasteiger partial charge in [0.05, 0.1) is 0 Å². The van der Waals surface area contributed by atoms with Crippen molar-refractivity contribution in [1.82, 2.24) is 9.97 Å². The lowest BCUT2D eigenvalue weighted by molar-refractivity contribution is 0.771. The van der Waals surface area contributed by atoms with Gasteiger partial charge in [0, 0.05) is 17.7 Å². The van der Waals surface area contributed by atoms with Gasteiger partial charge in [-0.1, -0.05) is 45.4 Å². The summed E-state index contributed by atoms with van der Waals surface area (Å²) in [5.41, 5.74) is 2.44. The lowest BCUT2D eigenvalue weighted by Gasteiger charge is -2.13. The molecule has 0 saturated carbocycles. The van der Waals surface area contributed by atoms with Crippen LogP contribution in [0.1, 0.15) is 44.5 Å². The fourth-order valence-corrected chi connectivity index (χ4v) is 2.42. The zero-order valence-electron chi connectivity index (χ0n) is 12.2. The van der Waals surface area contributed by atoms with Crippen LogP contribution in [0.5, 0.6) is 0 Å². The van der Waals surface area contributed by atoms with Crippen LogP contribution in [0.3, 0.4) is 0 Å². The maximum atomic E-state index is 4.58. The van der Waals surface area contributed by atoms with Crippen LogP contribution in [-0.2, 0) is 6.42 Å². The maximum absolute atomic E-state index is 4.58. The first-order chi connectivity index (χ1) is 9.60. The molecular formula is C16H20BrN3. The Morgan fingerprint density at radius 1 is 1.20 bits per heavy atom. The Balaban J connectivity index is 2.30. The van der Waals surface area contributed by atoms with Gasteiger partial charge < -0.3 is 5.32 Å².